The van der Waals surface area contributed by atoms with Crippen molar-refractivity contribution in [3.05, 3.63) is 11.9 Å². The molecular weight excluding hydrogens is 332 g/mol. The van der Waals surface area contributed by atoms with Crippen LogP contribution in [0.1, 0.15) is 59.1 Å². The van der Waals surface area contributed by atoms with Crippen LogP contribution in [0.3, 0.4) is 0 Å². The minimum atomic E-state index is -0.529. The molecule has 4 rings (SSSR count). The van der Waals surface area contributed by atoms with E-state index in [4.69, 9.17) is 4.74 Å². The molecule has 3 aliphatic rings. The Morgan fingerprint density at radius 2 is 2.08 bits per heavy atom. The summed E-state index contributed by atoms with van der Waals surface area (Å²) in [5, 5.41) is 4.49. The quantitative estimate of drug-likeness (QED) is 0.772. The Kier molecular flexibility index (Phi) is 3.82. The molecular formula is C19H28N4O3. The number of carbonyl (C=O) groups is 2. The van der Waals surface area contributed by atoms with Crippen LogP contribution in [0.4, 0.5) is 10.5 Å². The number of rotatable bonds is 1. The third-order valence-electron chi connectivity index (χ3n) is 5.87. The van der Waals surface area contributed by atoms with Crippen molar-refractivity contribution in [1.82, 2.24) is 14.7 Å². The zero-order valence-electron chi connectivity index (χ0n) is 16.1. The van der Waals surface area contributed by atoms with Crippen LogP contribution in [0.5, 0.6) is 0 Å². The Bertz CT molecular complexity index is 744. The summed E-state index contributed by atoms with van der Waals surface area (Å²) in [5.41, 5.74) is 1.44. The van der Waals surface area contributed by atoms with Gasteiger partial charge in [0.1, 0.15) is 5.60 Å². The van der Waals surface area contributed by atoms with Gasteiger partial charge in [-0.3, -0.25) is 14.4 Å². The molecule has 0 bridgehead atoms. The van der Waals surface area contributed by atoms with E-state index in [-0.39, 0.29) is 23.5 Å². The fourth-order valence-electron chi connectivity index (χ4n) is 4.30. The Balaban J connectivity index is 1.57. The van der Waals surface area contributed by atoms with E-state index in [1.165, 1.54) is 6.42 Å². The van der Waals surface area contributed by atoms with Gasteiger partial charge in [-0.05, 0) is 46.0 Å². The molecule has 0 unspecified atom stereocenters. The van der Waals surface area contributed by atoms with Crippen molar-refractivity contribution in [1.29, 1.82) is 0 Å². The van der Waals surface area contributed by atoms with Crippen molar-refractivity contribution >= 4 is 17.7 Å². The fraction of sp³-hybridized carbons (Fsp3) is 0.737. The lowest BCUT2D eigenvalue weighted by Gasteiger charge is -2.38. The van der Waals surface area contributed by atoms with Crippen molar-refractivity contribution in [2.75, 3.05) is 11.4 Å². The Hall–Kier alpha value is -2.05. The van der Waals surface area contributed by atoms with Crippen LogP contribution < -0.4 is 4.90 Å². The second kappa shape index (κ2) is 5.72. The number of amides is 2. The molecule has 1 spiro atoms. The summed E-state index contributed by atoms with van der Waals surface area (Å²) in [6.07, 6.45) is 5.61. The lowest BCUT2D eigenvalue weighted by molar-refractivity contribution is -0.118. The predicted molar refractivity (Wildman–Crippen MR) is 96.7 cm³/mol. The second-order valence-electron chi connectivity index (χ2n) is 9.13. The highest BCUT2D eigenvalue weighted by molar-refractivity contribution is 5.97. The zero-order chi connectivity index (χ0) is 18.7. The van der Waals surface area contributed by atoms with Crippen molar-refractivity contribution in [3.63, 3.8) is 0 Å². The highest BCUT2D eigenvalue weighted by atomic mass is 16.6. The van der Waals surface area contributed by atoms with Crippen molar-refractivity contribution in [2.45, 2.75) is 78.1 Å². The van der Waals surface area contributed by atoms with E-state index < -0.39 is 5.60 Å². The van der Waals surface area contributed by atoms with Crippen molar-refractivity contribution in [2.24, 2.45) is 5.41 Å². The molecule has 0 aromatic carbocycles. The van der Waals surface area contributed by atoms with Gasteiger partial charge in [-0.15, -0.1) is 0 Å². The first kappa shape index (κ1) is 17.4. The van der Waals surface area contributed by atoms with Gasteiger partial charge in [0, 0.05) is 13.0 Å². The SMILES string of the molecule is C[C@H]1Cn2ncc(N3CC4(CCC4)CC3=O)c2CN1C(=O)OC(C)(C)C. The van der Waals surface area contributed by atoms with Gasteiger partial charge >= 0.3 is 6.09 Å². The van der Waals surface area contributed by atoms with E-state index in [2.05, 4.69) is 5.10 Å². The summed E-state index contributed by atoms with van der Waals surface area (Å²) in [5.74, 6) is 0.183. The van der Waals surface area contributed by atoms with Gasteiger partial charge in [0.2, 0.25) is 5.91 Å². The Labute approximate surface area is 154 Å². The molecule has 2 fully saturated rings. The molecule has 1 saturated carbocycles. The Morgan fingerprint density at radius 3 is 2.65 bits per heavy atom. The molecule has 1 atom stereocenters. The summed E-state index contributed by atoms with van der Waals surface area (Å²) < 4.78 is 7.49. The largest absolute Gasteiger partial charge is 0.444 e. The van der Waals surface area contributed by atoms with E-state index >= 15 is 0 Å². The van der Waals surface area contributed by atoms with Crippen LogP contribution in [0.15, 0.2) is 6.20 Å². The molecule has 7 heteroatoms. The third kappa shape index (κ3) is 2.87. The average Bonchev–Trinajstić information content (AvgIpc) is 3.04. The van der Waals surface area contributed by atoms with Gasteiger partial charge in [-0.2, -0.15) is 5.10 Å². The molecule has 142 valence electrons. The van der Waals surface area contributed by atoms with Gasteiger partial charge in [-0.25, -0.2) is 4.79 Å². The first-order valence-corrected chi connectivity index (χ1v) is 9.52. The third-order valence-corrected chi connectivity index (χ3v) is 5.87. The number of hydrogen-bond acceptors (Lipinski definition) is 4. The fourth-order valence-corrected chi connectivity index (χ4v) is 4.30. The number of carbonyl (C=O) groups excluding carboxylic acids is 2. The van der Waals surface area contributed by atoms with Crippen LogP contribution in [0.2, 0.25) is 0 Å². The Morgan fingerprint density at radius 1 is 1.35 bits per heavy atom. The average molecular weight is 360 g/mol. The number of ether oxygens (including phenoxy) is 1. The number of fused-ring (bicyclic) bond motifs is 1. The molecule has 0 N–H and O–H groups in total. The van der Waals surface area contributed by atoms with Crippen LogP contribution in [-0.2, 0) is 22.6 Å². The molecule has 3 heterocycles. The van der Waals surface area contributed by atoms with E-state index in [1.807, 2.05) is 37.3 Å². The summed E-state index contributed by atoms with van der Waals surface area (Å²) in [6.45, 7) is 9.43. The van der Waals surface area contributed by atoms with Gasteiger partial charge in [0.05, 0.1) is 36.7 Å². The highest BCUT2D eigenvalue weighted by Crippen LogP contribution is 2.49. The molecule has 1 aliphatic carbocycles. The minimum absolute atomic E-state index is 0.00245. The zero-order valence-corrected chi connectivity index (χ0v) is 16.1. The van der Waals surface area contributed by atoms with Gasteiger partial charge in [-0.1, -0.05) is 6.42 Å². The molecule has 7 nitrogen and oxygen atoms in total. The van der Waals surface area contributed by atoms with Gasteiger partial charge < -0.3 is 9.64 Å². The first-order valence-electron chi connectivity index (χ1n) is 9.52. The molecule has 2 amide bonds. The minimum Gasteiger partial charge on any atom is -0.444 e. The highest BCUT2D eigenvalue weighted by Gasteiger charge is 2.48. The molecule has 1 aromatic rings. The second-order valence-corrected chi connectivity index (χ2v) is 9.13. The van der Waals surface area contributed by atoms with E-state index in [0.29, 0.717) is 19.5 Å². The first-order chi connectivity index (χ1) is 12.2. The summed E-state index contributed by atoms with van der Waals surface area (Å²) >= 11 is 0. The summed E-state index contributed by atoms with van der Waals surface area (Å²) in [7, 11) is 0. The van der Waals surface area contributed by atoms with Crippen LogP contribution in [-0.4, -0.2) is 44.9 Å². The van der Waals surface area contributed by atoms with Crippen LogP contribution >= 0.6 is 0 Å². The molecule has 0 radical (unpaired) electrons. The van der Waals surface area contributed by atoms with Crippen molar-refractivity contribution < 1.29 is 14.3 Å². The normalized spacial score (nSPS) is 24.6. The molecule has 1 saturated heterocycles. The number of nitrogens with zero attached hydrogens (tertiary/aromatic N) is 4. The molecule has 2 aliphatic heterocycles. The number of anilines is 1. The number of hydrogen-bond donors (Lipinski definition) is 0. The maximum Gasteiger partial charge on any atom is 0.410 e. The van der Waals surface area contributed by atoms with E-state index in [9.17, 15) is 9.59 Å². The van der Waals surface area contributed by atoms with E-state index in [1.54, 1.807) is 11.1 Å². The molecule has 1 aromatic heterocycles. The van der Waals surface area contributed by atoms with Gasteiger partial charge in [0.25, 0.3) is 0 Å². The maximum absolute atomic E-state index is 12.6. The summed E-state index contributed by atoms with van der Waals surface area (Å²) in [6, 6.07) is -0.00245. The summed E-state index contributed by atoms with van der Waals surface area (Å²) in [4.78, 5) is 28.9. The molecule has 26 heavy (non-hydrogen) atoms. The van der Waals surface area contributed by atoms with Crippen LogP contribution in [0.25, 0.3) is 0 Å². The standard InChI is InChI=1S/C19H28N4O3/c1-13-10-23-15(11-21(13)17(25)26-18(2,3)4)14(9-20-23)22-12-19(6-5-7-19)8-16(22)24/h9,13H,5-8,10-12H2,1-4H3/t13-/m0/s1. The number of aromatic nitrogens is 2. The van der Waals surface area contributed by atoms with E-state index in [0.717, 1.165) is 30.8 Å². The van der Waals surface area contributed by atoms with Crippen LogP contribution in [0, 0.1) is 5.41 Å². The predicted octanol–water partition coefficient (Wildman–Crippen LogP) is 2.93. The topological polar surface area (TPSA) is 67.7 Å². The smallest absolute Gasteiger partial charge is 0.410 e. The van der Waals surface area contributed by atoms with Gasteiger partial charge in [0.15, 0.2) is 0 Å². The lowest BCUT2D eigenvalue weighted by Crippen LogP contribution is -2.47. The van der Waals surface area contributed by atoms with Crippen molar-refractivity contribution in [3.8, 4) is 0 Å². The maximum atomic E-state index is 12.6. The monoisotopic (exact) mass is 360 g/mol. The lowest BCUT2D eigenvalue weighted by atomic mass is 9.68.